The minimum Gasteiger partial charge on any atom is -0.395 e. The highest BCUT2D eigenvalue weighted by Gasteiger charge is 2.10. The number of carbonyl (C=O) groups is 1. The predicted molar refractivity (Wildman–Crippen MR) is 59.5 cm³/mol. The molecule has 3 nitrogen and oxygen atoms in total. The van der Waals surface area contributed by atoms with Gasteiger partial charge in [-0.15, -0.1) is 0 Å². The quantitative estimate of drug-likeness (QED) is 0.796. The lowest BCUT2D eigenvalue weighted by Gasteiger charge is -2.11. The van der Waals surface area contributed by atoms with E-state index in [0.29, 0.717) is 6.42 Å². The number of nitrogens with one attached hydrogen (secondary N) is 1. The highest BCUT2D eigenvalue weighted by Crippen LogP contribution is 2.18. The van der Waals surface area contributed by atoms with Crippen molar-refractivity contribution in [2.45, 2.75) is 19.3 Å². The molecule has 0 aliphatic heterocycles. The van der Waals surface area contributed by atoms with Crippen molar-refractivity contribution < 1.29 is 14.3 Å². The third kappa shape index (κ3) is 3.98. The molecule has 1 unspecified atom stereocenters. The van der Waals surface area contributed by atoms with Crippen molar-refractivity contribution >= 4 is 5.91 Å². The van der Waals surface area contributed by atoms with Crippen LogP contribution in [-0.2, 0) is 4.79 Å². The minimum atomic E-state index is -0.277. The zero-order valence-electron chi connectivity index (χ0n) is 9.24. The molecule has 0 saturated carbocycles. The number of aliphatic hydroxyl groups excluding tert-OH is 1. The molecule has 0 aromatic heterocycles. The van der Waals surface area contributed by atoms with Gasteiger partial charge in [0.05, 0.1) is 6.61 Å². The summed E-state index contributed by atoms with van der Waals surface area (Å²) in [6, 6.07) is 6.13. The number of carbonyl (C=O) groups excluding carboxylic acids is 1. The summed E-state index contributed by atoms with van der Waals surface area (Å²) in [6.07, 6.45) is 0.339. The summed E-state index contributed by atoms with van der Waals surface area (Å²) in [6.45, 7) is 2.12. The molecule has 0 aliphatic rings. The van der Waals surface area contributed by atoms with Gasteiger partial charge in [-0.2, -0.15) is 0 Å². The lowest BCUT2D eigenvalue weighted by Crippen LogP contribution is -2.27. The number of amides is 1. The van der Waals surface area contributed by atoms with Crippen LogP contribution in [0.5, 0.6) is 0 Å². The van der Waals surface area contributed by atoms with Gasteiger partial charge < -0.3 is 10.4 Å². The average Bonchev–Trinajstić information content (AvgIpc) is 2.27. The van der Waals surface area contributed by atoms with E-state index in [9.17, 15) is 9.18 Å². The number of halogens is 1. The van der Waals surface area contributed by atoms with Gasteiger partial charge in [-0.1, -0.05) is 19.1 Å². The molecule has 0 heterocycles. The summed E-state index contributed by atoms with van der Waals surface area (Å²) in [7, 11) is 0. The van der Waals surface area contributed by atoms with Crippen LogP contribution in [0.3, 0.4) is 0 Å². The molecule has 1 aromatic rings. The van der Waals surface area contributed by atoms with Crippen molar-refractivity contribution in [1.29, 1.82) is 0 Å². The molecule has 0 aliphatic carbocycles. The zero-order valence-corrected chi connectivity index (χ0v) is 9.24. The molecular formula is C12H16FNO2. The first-order valence-electron chi connectivity index (χ1n) is 5.26. The second-order valence-electron chi connectivity index (χ2n) is 3.73. The molecular weight excluding hydrogens is 209 g/mol. The summed E-state index contributed by atoms with van der Waals surface area (Å²) in [4.78, 5) is 11.4. The van der Waals surface area contributed by atoms with Crippen molar-refractivity contribution in [3.8, 4) is 0 Å². The molecule has 0 radical (unpaired) electrons. The van der Waals surface area contributed by atoms with Crippen molar-refractivity contribution in [1.82, 2.24) is 5.32 Å². The fourth-order valence-corrected chi connectivity index (χ4v) is 1.45. The average molecular weight is 225 g/mol. The lowest BCUT2D eigenvalue weighted by molar-refractivity contribution is -0.121. The third-order valence-corrected chi connectivity index (χ3v) is 2.36. The van der Waals surface area contributed by atoms with Crippen LogP contribution < -0.4 is 5.32 Å². The van der Waals surface area contributed by atoms with E-state index >= 15 is 0 Å². The largest absolute Gasteiger partial charge is 0.395 e. The van der Waals surface area contributed by atoms with Crippen LogP contribution >= 0.6 is 0 Å². The first-order chi connectivity index (χ1) is 7.63. The van der Waals surface area contributed by atoms with E-state index in [4.69, 9.17) is 5.11 Å². The van der Waals surface area contributed by atoms with Crippen LogP contribution in [0, 0.1) is 5.82 Å². The molecule has 0 spiro atoms. The molecule has 0 saturated heterocycles. The van der Waals surface area contributed by atoms with E-state index < -0.39 is 0 Å². The van der Waals surface area contributed by atoms with Crippen molar-refractivity contribution in [2.75, 3.05) is 13.2 Å². The lowest BCUT2D eigenvalue weighted by atomic mass is 9.97. The highest BCUT2D eigenvalue weighted by atomic mass is 19.1. The molecule has 1 aromatic carbocycles. The standard InChI is InChI=1S/C12H16FNO2/c1-9(8-12(16)14-6-7-15)10-2-4-11(13)5-3-10/h2-5,9,15H,6-8H2,1H3,(H,14,16). The van der Waals surface area contributed by atoms with Gasteiger partial charge in [-0.25, -0.2) is 4.39 Å². The van der Waals surface area contributed by atoms with Crippen molar-refractivity contribution in [2.24, 2.45) is 0 Å². The maximum atomic E-state index is 12.7. The zero-order chi connectivity index (χ0) is 12.0. The Morgan fingerprint density at radius 3 is 2.62 bits per heavy atom. The van der Waals surface area contributed by atoms with E-state index in [1.54, 1.807) is 12.1 Å². The normalized spacial score (nSPS) is 12.2. The predicted octanol–water partition coefficient (Wildman–Crippen LogP) is 1.43. The number of rotatable bonds is 5. The second kappa shape index (κ2) is 6.23. The fraction of sp³-hybridized carbons (Fsp3) is 0.417. The maximum absolute atomic E-state index is 12.7. The Hall–Kier alpha value is -1.42. The van der Waals surface area contributed by atoms with Crippen molar-refractivity contribution in [3.63, 3.8) is 0 Å². The Balaban J connectivity index is 2.48. The number of hydrogen-bond acceptors (Lipinski definition) is 2. The van der Waals surface area contributed by atoms with E-state index in [2.05, 4.69) is 5.32 Å². The Bertz CT molecular complexity index is 337. The Morgan fingerprint density at radius 2 is 2.06 bits per heavy atom. The highest BCUT2D eigenvalue weighted by molar-refractivity contribution is 5.76. The maximum Gasteiger partial charge on any atom is 0.220 e. The van der Waals surface area contributed by atoms with Crippen LogP contribution in [0.2, 0.25) is 0 Å². The number of benzene rings is 1. The summed E-state index contributed by atoms with van der Waals surface area (Å²) in [5.74, 6) is -0.342. The van der Waals surface area contributed by atoms with Gasteiger partial charge in [0, 0.05) is 13.0 Å². The van der Waals surface area contributed by atoms with Crippen LogP contribution in [0.25, 0.3) is 0 Å². The number of hydrogen-bond donors (Lipinski definition) is 2. The summed E-state index contributed by atoms with van der Waals surface area (Å²) >= 11 is 0. The summed E-state index contributed by atoms with van der Waals surface area (Å²) in [5.41, 5.74) is 0.931. The third-order valence-electron chi connectivity index (χ3n) is 2.36. The van der Waals surface area contributed by atoms with Gasteiger partial charge >= 0.3 is 0 Å². The molecule has 4 heteroatoms. The van der Waals surface area contributed by atoms with Gasteiger partial charge in [0.15, 0.2) is 0 Å². The molecule has 0 fully saturated rings. The first kappa shape index (κ1) is 12.6. The number of aliphatic hydroxyl groups is 1. The monoisotopic (exact) mass is 225 g/mol. The van der Waals surface area contributed by atoms with Crippen LogP contribution in [-0.4, -0.2) is 24.2 Å². The molecule has 1 atom stereocenters. The van der Waals surface area contributed by atoms with Gasteiger partial charge in [0.25, 0.3) is 0 Å². The van der Waals surface area contributed by atoms with Gasteiger partial charge in [0.2, 0.25) is 5.91 Å². The van der Waals surface area contributed by atoms with E-state index in [1.165, 1.54) is 12.1 Å². The Kier molecular flexibility index (Phi) is 4.92. The summed E-state index contributed by atoms with van der Waals surface area (Å²) in [5, 5.41) is 11.1. The van der Waals surface area contributed by atoms with Gasteiger partial charge in [-0.05, 0) is 23.6 Å². The molecule has 88 valence electrons. The SMILES string of the molecule is CC(CC(=O)NCCO)c1ccc(F)cc1. The van der Waals surface area contributed by atoms with Crippen LogP contribution in [0.15, 0.2) is 24.3 Å². The molecule has 0 bridgehead atoms. The van der Waals surface area contributed by atoms with E-state index in [0.717, 1.165) is 5.56 Å². The molecule has 1 amide bonds. The fourth-order valence-electron chi connectivity index (χ4n) is 1.45. The van der Waals surface area contributed by atoms with E-state index in [-0.39, 0.29) is 30.8 Å². The minimum absolute atomic E-state index is 0.0410. The summed E-state index contributed by atoms with van der Waals surface area (Å²) < 4.78 is 12.7. The first-order valence-corrected chi connectivity index (χ1v) is 5.26. The smallest absolute Gasteiger partial charge is 0.220 e. The van der Waals surface area contributed by atoms with Gasteiger partial charge in [0.1, 0.15) is 5.82 Å². The molecule has 1 rings (SSSR count). The van der Waals surface area contributed by atoms with E-state index in [1.807, 2.05) is 6.92 Å². The topological polar surface area (TPSA) is 49.3 Å². The Labute approximate surface area is 94.3 Å². The molecule has 2 N–H and O–H groups in total. The Morgan fingerprint density at radius 1 is 1.44 bits per heavy atom. The van der Waals surface area contributed by atoms with Crippen LogP contribution in [0.1, 0.15) is 24.8 Å². The van der Waals surface area contributed by atoms with Crippen molar-refractivity contribution in [3.05, 3.63) is 35.6 Å². The molecule has 16 heavy (non-hydrogen) atoms. The van der Waals surface area contributed by atoms with Gasteiger partial charge in [-0.3, -0.25) is 4.79 Å². The second-order valence-corrected chi connectivity index (χ2v) is 3.73. The van der Waals surface area contributed by atoms with Crippen LogP contribution in [0.4, 0.5) is 4.39 Å².